The zero-order chi connectivity index (χ0) is 12.9. The molecule has 0 aromatic carbocycles. The second-order valence-electron chi connectivity index (χ2n) is 6.98. The molecule has 102 valence electrons. The Kier molecular flexibility index (Phi) is 5.94. The van der Waals surface area contributed by atoms with Crippen molar-refractivity contribution in [1.82, 2.24) is 5.32 Å². The molecular weight excluding hydrogens is 210 g/mol. The molecule has 1 saturated heterocycles. The van der Waals surface area contributed by atoms with E-state index in [2.05, 4.69) is 40.1 Å². The Morgan fingerprint density at radius 3 is 2.53 bits per heavy atom. The van der Waals surface area contributed by atoms with E-state index >= 15 is 0 Å². The second-order valence-corrected chi connectivity index (χ2v) is 6.98. The maximum atomic E-state index is 5.61. The number of hydrogen-bond donors (Lipinski definition) is 1. The summed E-state index contributed by atoms with van der Waals surface area (Å²) in [6.45, 7) is 11.3. The molecule has 0 spiro atoms. The minimum atomic E-state index is 0.445. The van der Waals surface area contributed by atoms with E-state index in [0.717, 1.165) is 25.0 Å². The Hall–Kier alpha value is -0.0800. The Morgan fingerprint density at radius 1 is 1.35 bits per heavy atom. The largest absolute Gasteiger partial charge is 0.381 e. The molecule has 1 fully saturated rings. The average molecular weight is 241 g/mol. The van der Waals surface area contributed by atoms with E-state index in [1.807, 2.05) is 0 Å². The molecule has 1 heterocycles. The summed E-state index contributed by atoms with van der Waals surface area (Å²) < 4.78 is 5.61. The van der Waals surface area contributed by atoms with Gasteiger partial charge >= 0.3 is 0 Å². The van der Waals surface area contributed by atoms with Gasteiger partial charge in [0.25, 0.3) is 0 Å². The first kappa shape index (κ1) is 15.0. The average Bonchev–Trinajstić information content (AvgIpc) is 2.24. The Morgan fingerprint density at radius 2 is 2.06 bits per heavy atom. The van der Waals surface area contributed by atoms with Crippen LogP contribution in [0, 0.1) is 17.3 Å². The van der Waals surface area contributed by atoms with E-state index in [9.17, 15) is 0 Å². The van der Waals surface area contributed by atoms with Crippen molar-refractivity contribution in [3.63, 3.8) is 0 Å². The van der Waals surface area contributed by atoms with Crippen molar-refractivity contribution < 1.29 is 4.74 Å². The van der Waals surface area contributed by atoms with E-state index < -0.39 is 0 Å². The van der Waals surface area contributed by atoms with Crippen LogP contribution in [-0.2, 0) is 4.74 Å². The molecule has 2 nitrogen and oxygen atoms in total. The van der Waals surface area contributed by atoms with Crippen molar-refractivity contribution in [1.29, 1.82) is 0 Å². The Bertz CT molecular complexity index is 203. The van der Waals surface area contributed by atoms with Crippen molar-refractivity contribution in [2.45, 2.75) is 59.4 Å². The van der Waals surface area contributed by atoms with Crippen molar-refractivity contribution in [3.8, 4) is 0 Å². The molecule has 1 N–H and O–H groups in total. The van der Waals surface area contributed by atoms with Crippen LogP contribution in [0.25, 0.3) is 0 Å². The van der Waals surface area contributed by atoms with E-state index in [4.69, 9.17) is 4.74 Å². The van der Waals surface area contributed by atoms with Crippen LogP contribution < -0.4 is 5.32 Å². The lowest BCUT2D eigenvalue weighted by atomic mass is 9.80. The van der Waals surface area contributed by atoms with Crippen molar-refractivity contribution >= 4 is 0 Å². The van der Waals surface area contributed by atoms with E-state index in [-0.39, 0.29) is 0 Å². The fraction of sp³-hybridized carbons (Fsp3) is 1.00. The van der Waals surface area contributed by atoms with Crippen LogP contribution in [0.3, 0.4) is 0 Å². The first-order valence-corrected chi connectivity index (χ1v) is 7.17. The van der Waals surface area contributed by atoms with Crippen LogP contribution in [0.5, 0.6) is 0 Å². The zero-order valence-corrected chi connectivity index (χ0v) is 12.4. The fourth-order valence-electron chi connectivity index (χ4n) is 3.19. The van der Waals surface area contributed by atoms with Gasteiger partial charge in [0.2, 0.25) is 0 Å². The van der Waals surface area contributed by atoms with Crippen LogP contribution in [0.15, 0.2) is 0 Å². The normalized spacial score (nSPS) is 25.6. The lowest BCUT2D eigenvalue weighted by Crippen LogP contribution is -2.39. The summed E-state index contributed by atoms with van der Waals surface area (Å²) in [5.41, 5.74) is 0.445. The molecule has 0 amide bonds. The molecule has 0 bridgehead atoms. The Balaban J connectivity index is 2.39. The number of hydrogen-bond acceptors (Lipinski definition) is 2. The highest BCUT2D eigenvalue weighted by Gasteiger charge is 2.25. The summed E-state index contributed by atoms with van der Waals surface area (Å²) in [6.07, 6.45) is 5.14. The summed E-state index contributed by atoms with van der Waals surface area (Å²) in [6, 6.07) is 0.632. The molecular formula is C15H31NO. The summed E-state index contributed by atoms with van der Waals surface area (Å²) in [5.74, 6) is 1.51. The van der Waals surface area contributed by atoms with Gasteiger partial charge < -0.3 is 10.1 Å². The molecule has 0 saturated carbocycles. The van der Waals surface area contributed by atoms with Crippen LogP contribution in [-0.4, -0.2) is 26.3 Å². The molecule has 17 heavy (non-hydrogen) atoms. The van der Waals surface area contributed by atoms with Gasteiger partial charge in [0.1, 0.15) is 0 Å². The van der Waals surface area contributed by atoms with Gasteiger partial charge in [0, 0.05) is 12.6 Å². The van der Waals surface area contributed by atoms with E-state index in [0.29, 0.717) is 11.5 Å². The van der Waals surface area contributed by atoms with Crippen molar-refractivity contribution in [2.24, 2.45) is 17.3 Å². The molecule has 2 heteroatoms. The quantitative estimate of drug-likeness (QED) is 0.796. The summed E-state index contributed by atoms with van der Waals surface area (Å²) in [4.78, 5) is 0. The first-order valence-electron chi connectivity index (χ1n) is 7.17. The number of ether oxygens (including phenoxy) is 1. The van der Waals surface area contributed by atoms with Gasteiger partial charge in [-0.1, -0.05) is 27.7 Å². The van der Waals surface area contributed by atoms with E-state index in [1.54, 1.807) is 0 Å². The van der Waals surface area contributed by atoms with Gasteiger partial charge in [0.05, 0.1) is 6.61 Å². The van der Waals surface area contributed by atoms with Gasteiger partial charge in [-0.05, 0) is 50.0 Å². The van der Waals surface area contributed by atoms with Crippen LogP contribution in [0.2, 0.25) is 0 Å². The zero-order valence-electron chi connectivity index (χ0n) is 12.4. The van der Waals surface area contributed by atoms with Crippen LogP contribution in [0.4, 0.5) is 0 Å². The lowest BCUT2D eigenvalue weighted by molar-refractivity contribution is 0.0358. The van der Waals surface area contributed by atoms with Crippen LogP contribution in [0.1, 0.15) is 53.4 Å². The highest BCUT2D eigenvalue weighted by Crippen LogP contribution is 2.29. The molecule has 1 aliphatic rings. The van der Waals surface area contributed by atoms with Gasteiger partial charge in [-0.2, -0.15) is 0 Å². The minimum Gasteiger partial charge on any atom is -0.381 e. The molecule has 1 rings (SSSR count). The maximum absolute atomic E-state index is 5.61. The Labute approximate surface area is 108 Å². The molecule has 3 atom stereocenters. The van der Waals surface area contributed by atoms with Gasteiger partial charge in [-0.3, -0.25) is 0 Å². The highest BCUT2D eigenvalue weighted by atomic mass is 16.5. The third-order valence-corrected chi connectivity index (χ3v) is 3.75. The number of nitrogens with one attached hydrogen (secondary N) is 1. The molecule has 0 aromatic heterocycles. The fourth-order valence-corrected chi connectivity index (χ4v) is 3.19. The topological polar surface area (TPSA) is 21.3 Å². The predicted octanol–water partition coefficient (Wildman–Crippen LogP) is 3.46. The predicted molar refractivity (Wildman–Crippen MR) is 74.2 cm³/mol. The molecule has 0 aliphatic carbocycles. The SMILES string of the molecule is CNC(CC(C)CC(C)(C)C)C1CCCOC1. The third kappa shape index (κ3) is 5.87. The van der Waals surface area contributed by atoms with Gasteiger partial charge in [-0.15, -0.1) is 0 Å². The van der Waals surface area contributed by atoms with Crippen molar-refractivity contribution in [3.05, 3.63) is 0 Å². The number of rotatable bonds is 5. The lowest BCUT2D eigenvalue weighted by Gasteiger charge is -2.33. The summed E-state index contributed by atoms with van der Waals surface area (Å²) >= 11 is 0. The van der Waals surface area contributed by atoms with Gasteiger partial charge in [-0.25, -0.2) is 0 Å². The second kappa shape index (κ2) is 6.75. The minimum absolute atomic E-state index is 0.445. The standard InChI is InChI=1S/C15H31NO/c1-12(10-15(2,3)4)9-14(16-5)13-7-6-8-17-11-13/h12-14,16H,6-11H2,1-5H3. The molecule has 1 aliphatic heterocycles. The van der Waals surface area contributed by atoms with E-state index in [1.165, 1.54) is 25.7 Å². The summed E-state index contributed by atoms with van der Waals surface area (Å²) in [5, 5.41) is 3.51. The van der Waals surface area contributed by atoms with Crippen molar-refractivity contribution in [2.75, 3.05) is 20.3 Å². The summed E-state index contributed by atoms with van der Waals surface area (Å²) in [7, 11) is 2.10. The third-order valence-electron chi connectivity index (χ3n) is 3.75. The maximum Gasteiger partial charge on any atom is 0.0509 e. The highest BCUT2D eigenvalue weighted by molar-refractivity contribution is 4.80. The monoisotopic (exact) mass is 241 g/mol. The molecule has 0 radical (unpaired) electrons. The van der Waals surface area contributed by atoms with Crippen LogP contribution >= 0.6 is 0 Å². The molecule has 3 unspecified atom stereocenters. The first-order chi connectivity index (χ1) is 7.92. The molecule has 0 aromatic rings. The smallest absolute Gasteiger partial charge is 0.0509 e. The van der Waals surface area contributed by atoms with Gasteiger partial charge in [0.15, 0.2) is 0 Å².